The van der Waals surface area contributed by atoms with Gasteiger partial charge in [-0.05, 0) is 13.0 Å². The van der Waals surface area contributed by atoms with Gasteiger partial charge in [-0.25, -0.2) is 0 Å². The van der Waals surface area contributed by atoms with Gasteiger partial charge in [0.15, 0.2) is 5.82 Å². The Morgan fingerprint density at radius 2 is 2.46 bits per heavy atom. The summed E-state index contributed by atoms with van der Waals surface area (Å²) in [5, 5.41) is 12.3. The van der Waals surface area contributed by atoms with Crippen molar-refractivity contribution in [2.75, 3.05) is 5.43 Å². The maximum Gasteiger partial charge on any atom is 0.168 e. The van der Waals surface area contributed by atoms with Crippen molar-refractivity contribution in [1.82, 2.24) is 20.9 Å². The monoisotopic (exact) mass is 178 g/mol. The van der Waals surface area contributed by atoms with Crippen LogP contribution >= 0.6 is 0 Å². The first-order valence-corrected chi connectivity index (χ1v) is 3.88. The van der Waals surface area contributed by atoms with Crippen molar-refractivity contribution in [2.45, 2.75) is 6.92 Å². The first kappa shape index (κ1) is 7.66. The highest BCUT2D eigenvalue weighted by atomic mass is 15.8. The number of H-pyrrole nitrogens is 1. The number of hydrogen-bond acceptors (Lipinski definition) is 5. The number of aryl methyl sites for hydroxylation is 1. The second-order valence-corrected chi connectivity index (χ2v) is 2.64. The number of rotatable bonds is 2. The lowest BCUT2D eigenvalue weighted by molar-refractivity contribution is 0.328. The normalized spacial score (nSPS) is 14.4. The quantitative estimate of drug-likeness (QED) is 0.611. The highest BCUT2D eigenvalue weighted by Gasteiger charge is 2.01. The van der Waals surface area contributed by atoms with Crippen molar-refractivity contribution in [3.63, 3.8) is 0 Å². The van der Waals surface area contributed by atoms with Crippen LogP contribution in [0.1, 0.15) is 5.69 Å². The largest absolute Gasteiger partial charge is 0.281 e. The molecule has 0 amide bonds. The number of allylic oxidation sites excluding steroid dienone is 1. The van der Waals surface area contributed by atoms with E-state index in [1.165, 1.54) is 0 Å². The smallest absolute Gasteiger partial charge is 0.168 e. The summed E-state index contributed by atoms with van der Waals surface area (Å²) in [7, 11) is 0. The average molecular weight is 178 g/mol. The zero-order valence-electron chi connectivity index (χ0n) is 7.15. The zero-order chi connectivity index (χ0) is 9.10. The average Bonchev–Trinajstić information content (AvgIpc) is 2.53. The van der Waals surface area contributed by atoms with Crippen LogP contribution < -0.4 is 11.0 Å². The molecule has 6 heteroatoms. The van der Waals surface area contributed by atoms with Crippen LogP contribution in [0.3, 0.4) is 0 Å². The number of nitrogens with one attached hydrogen (secondary N) is 3. The van der Waals surface area contributed by atoms with Crippen LogP contribution in [0.5, 0.6) is 0 Å². The van der Waals surface area contributed by atoms with Crippen LogP contribution in [-0.2, 0) is 0 Å². The Morgan fingerprint density at radius 3 is 3.08 bits per heavy atom. The zero-order valence-corrected chi connectivity index (χ0v) is 7.15. The fourth-order valence-corrected chi connectivity index (χ4v) is 0.957. The van der Waals surface area contributed by atoms with E-state index in [0.717, 1.165) is 11.5 Å². The van der Waals surface area contributed by atoms with Crippen LogP contribution in [0.15, 0.2) is 23.4 Å². The van der Waals surface area contributed by atoms with Crippen LogP contribution in [-0.4, -0.2) is 21.5 Å². The molecule has 3 N–H and O–H groups in total. The molecular formula is C7H10N6. The Bertz CT molecular complexity index is 339. The lowest BCUT2D eigenvalue weighted by Gasteiger charge is -2.20. The van der Waals surface area contributed by atoms with Gasteiger partial charge in [-0.2, -0.15) is 20.9 Å². The molecule has 1 aliphatic rings. The molecule has 2 heterocycles. The van der Waals surface area contributed by atoms with Gasteiger partial charge in [0.25, 0.3) is 0 Å². The molecule has 0 spiro atoms. The lowest BCUT2D eigenvalue weighted by atomic mass is 10.5. The third kappa shape index (κ3) is 1.78. The minimum atomic E-state index is 0.742. The molecule has 0 unspecified atom stereocenters. The molecule has 0 saturated carbocycles. The van der Waals surface area contributed by atoms with Gasteiger partial charge < -0.3 is 0 Å². The first-order valence-electron chi connectivity index (χ1n) is 3.88. The number of hydrazone groups is 1. The molecule has 0 fully saturated rings. The standard InChI is InChI=1S/C7H10N6/c1-6-5-7(10-9-6)11-13-4-2-3-8-12-13/h2-5,12H,1H3,(H2,9,10,11). The number of hydrazine groups is 2. The van der Waals surface area contributed by atoms with Crippen LogP contribution in [0.2, 0.25) is 0 Å². The second kappa shape index (κ2) is 3.18. The van der Waals surface area contributed by atoms with Gasteiger partial charge in [-0.3, -0.25) is 10.5 Å². The van der Waals surface area contributed by atoms with E-state index in [1.807, 2.05) is 19.1 Å². The Hall–Kier alpha value is -1.98. The summed E-state index contributed by atoms with van der Waals surface area (Å²) in [5.74, 6) is 0.742. The molecule has 2 rings (SSSR count). The molecule has 0 aliphatic carbocycles. The van der Waals surface area contributed by atoms with E-state index in [0.29, 0.717) is 0 Å². The Morgan fingerprint density at radius 1 is 1.54 bits per heavy atom. The van der Waals surface area contributed by atoms with Crippen molar-refractivity contribution < 1.29 is 0 Å². The second-order valence-electron chi connectivity index (χ2n) is 2.64. The Balaban J connectivity index is 1.98. The van der Waals surface area contributed by atoms with Crippen molar-refractivity contribution in [2.24, 2.45) is 5.10 Å². The summed E-state index contributed by atoms with van der Waals surface area (Å²) < 4.78 is 0. The van der Waals surface area contributed by atoms with Crippen LogP contribution in [0, 0.1) is 6.92 Å². The van der Waals surface area contributed by atoms with Gasteiger partial charge in [0.2, 0.25) is 0 Å². The maximum absolute atomic E-state index is 4.01. The fraction of sp³-hybridized carbons (Fsp3) is 0.143. The molecule has 1 aliphatic heterocycles. The number of aromatic nitrogens is 2. The van der Waals surface area contributed by atoms with Gasteiger partial charge >= 0.3 is 0 Å². The first-order chi connectivity index (χ1) is 6.34. The molecule has 0 saturated heterocycles. The molecule has 1 aromatic heterocycles. The fourth-order valence-electron chi connectivity index (χ4n) is 0.957. The Kier molecular flexibility index (Phi) is 1.87. The summed E-state index contributed by atoms with van der Waals surface area (Å²) in [6, 6.07) is 1.90. The van der Waals surface area contributed by atoms with Crippen molar-refractivity contribution >= 4 is 12.0 Å². The summed E-state index contributed by atoms with van der Waals surface area (Å²) in [6.45, 7) is 1.94. The third-order valence-corrected chi connectivity index (χ3v) is 1.50. The van der Waals surface area contributed by atoms with E-state index in [4.69, 9.17) is 0 Å². The predicted octanol–water partition coefficient (Wildman–Crippen LogP) is 0.365. The lowest BCUT2D eigenvalue weighted by Crippen LogP contribution is -2.36. The topological polar surface area (TPSA) is 68.3 Å². The highest BCUT2D eigenvalue weighted by molar-refractivity contribution is 5.71. The number of aromatic amines is 1. The van der Waals surface area contributed by atoms with Crippen LogP contribution in [0.25, 0.3) is 0 Å². The number of hydrogen-bond donors (Lipinski definition) is 3. The van der Waals surface area contributed by atoms with Gasteiger partial charge in [-0.1, -0.05) is 0 Å². The SMILES string of the molecule is Cc1cc(NN2C=CC=NN2)n[nH]1. The molecule has 0 bridgehead atoms. The van der Waals surface area contributed by atoms with Crippen molar-refractivity contribution in [3.8, 4) is 0 Å². The number of nitrogens with zero attached hydrogens (tertiary/aromatic N) is 3. The molecule has 0 radical (unpaired) electrons. The minimum Gasteiger partial charge on any atom is -0.281 e. The van der Waals surface area contributed by atoms with E-state index in [1.54, 1.807) is 17.5 Å². The summed E-state index contributed by atoms with van der Waals surface area (Å²) in [6.07, 6.45) is 5.27. The van der Waals surface area contributed by atoms with Gasteiger partial charge in [-0.15, -0.1) is 0 Å². The summed E-state index contributed by atoms with van der Waals surface area (Å²) in [5.41, 5.74) is 6.72. The minimum absolute atomic E-state index is 0.742. The molecule has 6 nitrogen and oxygen atoms in total. The third-order valence-electron chi connectivity index (χ3n) is 1.50. The maximum atomic E-state index is 4.01. The molecule has 1 aromatic rings. The van der Waals surface area contributed by atoms with Gasteiger partial charge in [0.05, 0.1) is 6.21 Å². The van der Waals surface area contributed by atoms with E-state index in [2.05, 4.69) is 26.3 Å². The molecule has 13 heavy (non-hydrogen) atoms. The number of anilines is 1. The van der Waals surface area contributed by atoms with E-state index in [9.17, 15) is 0 Å². The van der Waals surface area contributed by atoms with Gasteiger partial charge in [0, 0.05) is 18.0 Å². The predicted molar refractivity (Wildman–Crippen MR) is 49.6 cm³/mol. The van der Waals surface area contributed by atoms with Gasteiger partial charge in [0.1, 0.15) is 0 Å². The molecule has 0 aromatic carbocycles. The van der Waals surface area contributed by atoms with E-state index >= 15 is 0 Å². The Labute approximate surface area is 75.3 Å². The molecular weight excluding hydrogens is 168 g/mol. The summed E-state index contributed by atoms with van der Waals surface area (Å²) >= 11 is 0. The van der Waals surface area contributed by atoms with E-state index in [-0.39, 0.29) is 0 Å². The highest BCUT2D eigenvalue weighted by Crippen LogP contribution is 2.04. The van der Waals surface area contributed by atoms with Crippen molar-refractivity contribution in [1.29, 1.82) is 0 Å². The molecule has 68 valence electrons. The van der Waals surface area contributed by atoms with E-state index < -0.39 is 0 Å². The van der Waals surface area contributed by atoms with Crippen LogP contribution in [0.4, 0.5) is 5.82 Å². The molecule has 0 atom stereocenters. The van der Waals surface area contributed by atoms with Crippen molar-refractivity contribution in [3.05, 3.63) is 24.0 Å². The summed E-state index contributed by atoms with van der Waals surface area (Å²) in [4.78, 5) is 0.